The fourth-order valence-electron chi connectivity index (χ4n) is 1.05. The monoisotopic (exact) mass is 231 g/mol. The van der Waals surface area contributed by atoms with Crippen molar-refractivity contribution in [2.75, 3.05) is 0 Å². The summed E-state index contributed by atoms with van der Waals surface area (Å²) in [6.45, 7) is 0. The molecule has 6 heteroatoms. The summed E-state index contributed by atoms with van der Waals surface area (Å²) in [4.78, 5) is 10.6. The lowest BCUT2D eigenvalue weighted by Crippen LogP contribution is -2.24. The Morgan fingerprint density at radius 3 is 2.50 bits per heavy atom. The van der Waals surface area contributed by atoms with Crippen LogP contribution >= 0.6 is 0 Å². The first-order valence-corrected chi connectivity index (χ1v) is 4.13. The number of ketones is 1. The highest BCUT2D eigenvalue weighted by atomic mass is 19.4. The van der Waals surface area contributed by atoms with Crippen LogP contribution in [0.15, 0.2) is 18.2 Å². The minimum Gasteiger partial charge on any atom is -0.289 e. The van der Waals surface area contributed by atoms with Crippen molar-refractivity contribution < 1.29 is 22.4 Å². The number of benzene rings is 1. The van der Waals surface area contributed by atoms with Crippen LogP contribution in [0.5, 0.6) is 0 Å². The summed E-state index contributed by atoms with van der Waals surface area (Å²) < 4.78 is 48.5. The second-order valence-corrected chi connectivity index (χ2v) is 3.02. The number of carbonyl (C=O) groups excluding carboxylic acids is 1. The van der Waals surface area contributed by atoms with Gasteiger partial charge in [-0.3, -0.25) is 4.79 Å². The average Bonchev–Trinajstić information content (AvgIpc) is 2.19. The highest BCUT2D eigenvalue weighted by molar-refractivity contribution is 5.86. The fraction of sp³-hybridized carbons (Fsp3) is 0.200. The number of Topliss-reactive ketones (excluding diaryl/α,β-unsaturated/α-hetero) is 1. The molecule has 1 rings (SSSR count). The predicted molar refractivity (Wildman–Crippen MR) is 45.9 cm³/mol. The van der Waals surface area contributed by atoms with Gasteiger partial charge in [-0.25, -0.2) is 4.39 Å². The topological polar surface area (TPSA) is 40.9 Å². The quantitative estimate of drug-likeness (QED) is 0.733. The zero-order chi connectivity index (χ0) is 12.3. The van der Waals surface area contributed by atoms with E-state index in [1.165, 1.54) is 6.07 Å². The van der Waals surface area contributed by atoms with Gasteiger partial charge in [-0.15, -0.1) is 0 Å². The molecule has 16 heavy (non-hydrogen) atoms. The zero-order valence-electron chi connectivity index (χ0n) is 7.81. The van der Waals surface area contributed by atoms with Gasteiger partial charge < -0.3 is 0 Å². The van der Waals surface area contributed by atoms with Crippen LogP contribution in [-0.4, -0.2) is 12.0 Å². The molecular weight excluding hydrogens is 226 g/mol. The van der Waals surface area contributed by atoms with Crippen LogP contribution in [0.3, 0.4) is 0 Å². The molecular formula is C10H5F4NO. The van der Waals surface area contributed by atoms with E-state index in [1.54, 1.807) is 0 Å². The van der Waals surface area contributed by atoms with Crippen LogP contribution < -0.4 is 0 Å². The smallest absolute Gasteiger partial charge is 0.289 e. The number of rotatable bonds is 2. The van der Waals surface area contributed by atoms with E-state index in [1.807, 2.05) is 0 Å². The molecule has 0 radical (unpaired) electrons. The van der Waals surface area contributed by atoms with Gasteiger partial charge in [-0.1, -0.05) is 6.07 Å². The number of hydrogen-bond acceptors (Lipinski definition) is 2. The van der Waals surface area contributed by atoms with Gasteiger partial charge in [-0.2, -0.15) is 18.4 Å². The summed E-state index contributed by atoms with van der Waals surface area (Å²) >= 11 is 0. The Bertz CT molecular complexity index is 459. The molecule has 0 unspecified atom stereocenters. The largest absolute Gasteiger partial charge is 0.450 e. The summed E-state index contributed by atoms with van der Waals surface area (Å²) in [5.74, 6) is -2.76. The lowest BCUT2D eigenvalue weighted by molar-refractivity contribution is -0.170. The van der Waals surface area contributed by atoms with Gasteiger partial charge in [0.05, 0.1) is 5.56 Å². The van der Waals surface area contributed by atoms with E-state index >= 15 is 0 Å². The van der Waals surface area contributed by atoms with Crippen molar-refractivity contribution in [2.24, 2.45) is 0 Å². The molecule has 1 aromatic rings. The molecule has 1 aromatic carbocycles. The maximum atomic E-state index is 12.8. The molecule has 0 aliphatic heterocycles. The number of halogens is 4. The summed E-state index contributed by atoms with van der Waals surface area (Å²) in [6, 6.07) is 4.31. The highest BCUT2D eigenvalue weighted by Crippen LogP contribution is 2.19. The molecule has 0 spiro atoms. The number of carbonyl (C=O) groups is 1. The van der Waals surface area contributed by atoms with Gasteiger partial charge in [0.1, 0.15) is 11.9 Å². The van der Waals surface area contributed by atoms with Gasteiger partial charge in [-0.05, 0) is 17.7 Å². The predicted octanol–water partition coefficient (Wildman–Crippen LogP) is 2.37. The first kappa shape index (κ1) is 12.2. The minimum atomic E-state index is -4.92. The Balaban J connectivity index is 2.92. The van der Waals surface area contributed by atoms with Crippen LogP contribution in [0.2, 0.25) is 0 Å². The Morgan fingerprint density at radius 1 is 1.38 bits per heavy atom. The van der Waals surface area contributed by atoms with E-state index in [0.717, 1.165) is 18.2 Å². The van der Waals surface area contributed by atoms with E-state index in [4.69, 9.17) is 5.26 Å². The van der Waals surface area contributed by atoms with Crippen molar-refractivity contribution >= 4 is 5.78 Å². The Kier molecular flexibility index (Phi) is 3.28. The molecule has 0 aliphatic rings. The second-order valence-electron chi connectivity index (χ2n) is 3.02. The standard InChI is InChI=1S/C10H5F4NO/c11-8-2-1-6(3-7(8)5-15)4-9(16)10(12,13)14/h1-3H,4H2. The van der Waals surface area contributed by atoms with E-state index < -0.39 is 24.2 Å². The first-order chi connectivity index (χ1) is 7.34. The highest BCUT2D eigenvalue weighted by Gasteiger charge is 2.37. The molecule has 0 saturated heterocycles. The molecule has 0 amide bonds. The third-order valence-corrected chi connectivity index (χ3v) is 1.83. The molecule has 0 aliphatic carbocycles. The van der Waals surface area contributed by atoms with Crippen molar-refractivity contribution in [3.8, 4) is 6.07 Å². The lowest BCUT2D eigenvalue weighted by atomic mass is 10.1. The Hall–Kier alpha value is -1.90. The normalized spacial score (nSPS) is 10.9. The van der Waals surface area contributed by atoms with Crippen LogP contribution in [0.1, 0.15) is 11.1 Å². The van der Waals surface area contributed by atoms with Gasteiger partial charge in [0.15, 0.2) is 0 Å². The van der Waals surface area contributed by atoms with E-state index in [2.05, 4.69) is 0 Å². The number of hydrogen-bond donors (Lipinski definition) is 0. The SMILES string of the molecule is N#Cc1cc(CC(=O)C(F)(F)F)ccc1F. The van der Waals surface area contributed by atoms with Crippen molar-refractivity contribution in [3.05, 3.63) is 35.1 Å². The Labute approximate surface area is 88.1 Å². The van der Waals surface area contributed by atoms with E-state index in [0.29, 0.717) is 0 Å². The molecule has 0 aromatic heterocycles. The van der Waals surface area contributed by atoms with Crippen molar-refractivity contribution in [3.63, 3.8) is 0 Å². The third kappa shape index (κ3) is 2.79. The molecule has 2 nitrogen and oxygen atoms in total. The average molecular weight is 231 g/mol. The van der Waals surface area contributed by atoms with Crippen LogP contribution in [0.25, 0.3) is 0 Å². The number of nitriles is 1. The summed E-state index contributed by atoms with van der Waals surface area (Å²) in [5.41, 5.74) is -0.423. The van der Waals surface area contributed by atoms with Crippen LogP contribution in [0, 0.1) is 17.1 Å². The molecule has 0 atom stereocenters. The molecule has 0 heterocycles. The summed E-state index contributed by atoms with van der Waals surface area (Å²) in [6.07, 6.45) is -5.81. The molecule has 84 valence electrons. The van der Waals surface area contributed by atoms with Crippen molar-refractivity contribution in [1.82, 2.24) is 0 Å². The van der Waals surface area contributed by atoms with Gasteiger partial charge in [0.2, 0.25) is 5.78 Å². The Morgan fingerprint density at radius 2 is 2.00 bits per heavy atom. The molecule has 0 bridgehead atoms. The van der Waals surface area contributed by atoms with Crippen molar-refractivity contribution in [1.29, 1.82) is 5.26 Å². The summed E-state index contributed by atoms with van der Waals surface area (Å²) in [5, 5.41) is 8.44. The fourth-order valence-corrected chi connectivity index (χ4v) is 1.05. The van der Waals surface area contributed by atoms with Gasteiger partial charge >= 0.3 is 6.18 Å². The third-order valence-electron chi connectivity index (χ3n) is 1.83. The first-order valence-electron chi connectivity index (χ1n) is 4.13. The molecule has 0 saturated carbocycles. The zero-order valence-corrected chi connectivity index (χ0v) is 7.81. The van der Waals surface area contributed by atoms with E-state index in [-0.39, 0.29) is 11.1 Å². The minimum absolute atomic E-state index is 0.0414. The molecule has 0 N–H and O–H groups in total. The molecule has 0 fully saturated rings. The lowest BCUT2D eigenvalue weighted by Gasteiger charge is -2.05. The van der Waals surface area contributed by atoms with Crippen molar-refractivity contribution in [2.45, 2.75) is 12.6 Å². The van der Waals surface area contributed by atoms with E-state index in [9.17, 15) is 22.4 Å². The second kappa shape index (κ2) is 4.31. The number of nitrogens with zero attached hydrogens (tertiary/aromatic N) is 1. The maximum absolute atomic E-state index is 12.8. The van der Waals surface area contributed by atoms with Gasteiger partial charge in [0.25, 0.3) is 0 Å². The maximum Gasteiger partial charge on any atom is 0.450 e. The van der Waals surface area contributed by atoms with Gasteiger partial charge in [0, 0.05) is 6.42 Å². The van der Waals surface area contributed by atoms with Crippen LogP contribution in [-0.2, 0) is 11.2 Å². The van der Waals surface area contributed by atoms with Crippen LogP contribution in [0.4, 0.5) is 17.6 Å². The summed E-state index contributed by atoms with van der Waals surface area (Å²) in [7, 11) is 0. The number of alkyl halides is 3.